The predicted octanol–water partition coefficient (Wildman–Crippen LogP) is 3.14. The average molecular weight is 905 g/mol. The van der Waals surface area contributed by atoms with E-state index in [9.17, 15) is 28.8 Å². The van der Waals surface area contributed by atoms with E-state index in [1.54, 1.807) is 54.9 Å². The second-order valence-electron chi connectivity index (χ2n) is 19.1. The first-order chi connectivity index (χ1) is 31.3. The molecule has 1 saturated carbocycles. The van der Waals surface area contributed by atoms with Gasteiger partial charge in [0.05, 0.1) is 57.8 Å². The molecule has 348 valence electrons. The standard InChI is InChI=1S/C47H56N10O9/c1-45(2,23-50-37(58)20-48-19-32-35(64-7)14-27(15-36(32)65-8)33-22-55(6)43(62)39-30(33)12-13-54(39)5)25-66-26-46(3,4)24-56-21-29(52-53-56)18-49-34-11-9-10-31-38(34)42(61)57(41(31)60)47-16-28(17-47)40(59)51-44(47)63/h9-15,21-22,28,48-49H,16-20,23-26H2,1-8H3,(H,50,58)(H,51,59,63). The zero-order chi connectivity index (χ0) is 47.3. The monoisotopic (exact) mass is 904 g/mol. The third kappa shape index (κ3) is 8.55. The zero-order valence-electron chi connectivity index (χ0n) is 38.5. The van der Waals surface area contributed by atoms with Gasteiger partial charge in [-0.25, -0.2) is 0 Å². The number of anilines is 1. The molecule has 19 nitrogen and oxygen atoms in total. The number of aryl methyl sites for hydroxylation is 2. The van der Waals surface area contributed by atoms with E-state index in [-0.39, 0.29) is 65.3 Å². The minimum Gasteiger partial charge on any atom is -0.496 e. The highest BCUT2D eigenvalue weighted by Gasteiger charge is 2.65. The van der Waals surface area contributed by atoms with Gasteiger partial charge in [-0.05, 0) is 48.7 Å². The number of ether oxygens (including phenoxy) is 3. The number of pyridine rings is 1. The van der Waals surface area contributed by atoms with Gasteiger partial charge in [-0.2, -0.15) is 0 Å². The molecular weight excluding hydrogens is 849 g/mol. The molecule has 0 spiro atoms. The molecule has 0 atom stereocenters. The normalized spacial score (nSPS) is 18.1. The van der Waals surface area contributed by atoms with Crippen LogP contribution in [0.5, 0.6) is 11.5 Å². The second kappa shape index (κ2) is 17.5. The van der Waals surface area contributed by atoms with Crippen LogP contribution in [-0.2, 0) is 52.9 Å². The van der Waals surface area contributed by atoms with Crippen molar-refractivity contribution in [1.29, 1.82) is 0 Å². The number of nitrogens with zero attached hydrogens (tertiary/aromatic N) is 6. The number of imide groups is 2. The molecule has 19 heteroatoms. The van der Waals surface area contributed by atoms with Crippen molar-refractivity contribution in [3.63, 3.8) is 0 Å². The fraction of sp³-hybridized carbons (Fsp3) is 0.447. The van der Waals surface area contributed by atoms with Crippen LogP contribution >= 0.6 is 0 Å². The SMILES string of the molecule is COc1cc(-c2cn(C)c(=O)c3c2ccn3C)cc(OC)c1CNCC(=O)NCC(C)(C)COCC(C)(C)Cn1cc(CNc2cccc3c2C(=O)N(C24CC(C2)C(=O)NC4=O)C3=O)nn1. The number of fused-ring (bicyclic) bond motifs is 4. The first-order valence-electron chi connectivity index (χ1n) is 21.8. The summed E-state index contributed by atoms with van der Waals surface area (Å²) in [7, 11) is 6.74. The topological polar surface area (TPSA) is 222 Å². The molecule has 1 aliphatic carbocycles. The maximum atomic E-state index is 13.7. The number of benzene rings is 2. The smallest absolute Gasteiger partial charge is 0.274 e. The van der Waals surface area contributed by atoms with Crippen LogP contribution in [0.25, 0.3) is 22.0 Å². The van der Waals surface area contributed by atoms with Crippen LogP contribution < -0.4 is 36.3 Å². The molecule has 0 unspecified atom stereocenters. The summed E-state index contributed by atoms with van der Waals surface area (Å²) in [4.78, 5) is 78.9. The van der Waals surface area contributed by atoms with E-state index in [1.807, 2.05) is 56.1 Å². The van der Waals surface area contributed by atoms with Crippen molar-refractivity contribution in [2.45, 2.75) is 65.7 Å². The summed E-state index contributed by atoms with van der Waals surface area (Å²) in [6.45, 7) is 10.5. The minimum absolute atomic E-state index is 0.0634. The third-order valence-electron chi connectivity index (χ3n) is 12.6. The molecule has 5 aromatic rings. The Morgan fingerprint density at radius 1 is 0.894 bits per heavy atom. The van der Waals surface area contributed by atoms with Gasteiger partial charge in [0.1, 0.15) is 28.2 Å². The molecule has 3 aliphatic heterocycles. The molecule has 5 amide bonds. The van der Waals surface area contributed by atoms with Crippen LogP contribution in [-0.4, -0.2) is 105 Å². The molecule has 4 aliphatic rings. The maximum Gasteiger partial charge on any atom is 0.274 e. The quantitative estimate of drug-likeness (QED) is 0.0877. The molecule has 6 heterocycles. The summed E-state index contributed by atoms with van der Waals surface area (Å²) in [5.41, 5.74) is 2.34. The van der Waals surface area contributed by atoms with E-state index >= 15 is 0 Å². The van der Waals surface area contributed by atoms with Crippen molar-refractivity contribution in [3.8, 4) is 22.6 Å². The van der Waals surface area contributed by atoms with Crippen LogP contribution in [0.3, 0.4) is 0 Å². The number of hydrogen-bond acceptors (Lipinski definition) is 13. The van der Waals surface area contributed by atoms with E-state index in [4.69, 9.17) is 14.2 Å². The number of hydrogen-bond donors (Lipinski definition) is 4. The van der Waals surface area contributed by atoms with Crippen molar-refractivity contribution in [2.24, 2.45) is 30.8 Å². The Morgan fingerprint density at radius 3 is 2.30 bits per heavy atom. The van der Waals surface area contributed by atoms with Crippen molar-refractivity contribution in [2.75, 3.05) is 45.8 Å². The fourth-order valence-corrected chi connectivity index (χ4v) is 9.13. The molecule has 0 radical (unpaired) electrons. The van der Waals surface area contributed by atoms with Gasteiger partial charge in [-0.1, -0.05) is 39.0 Å². The lowest BCUT2D eigenvalue weighted by molar-refractivity contribution is -0.158. The van der Waals surface area contributed by atoms with Gasteiger partial charge in [-0.3, -0.25) is 43.7 Å². The Labute approximate surface area is 381 Å². The Kier molecular flexibility index (Phi) is 12.1. The highest BCUT2D eigenvalue weighted by Crippen LogP contribution is 2.49. The van der Waals surface area contributed by atoms with Gasteiger partial charge in [0.15, 0.2) is 0 Å². The summed E-state index contributed by atoms with van der Waals surface area (Å²) >= 11 is 0. The summed E-state index contributed by atoms with van der Waals surface area (Å²) in [6.07, 6.45) is 5.75. The van der Waals surface area contributed by atoms with Crippen LogP contribution in [0.4, 0.5) is 5.69 Å². The van der Waals surface area contributed by atoms with Gasteiger partial charge < -0.3 is 39.3 Å². The first kappa shape index (κ1) is 45.7. The van der Waals surface area contributed by atoms with Crippen molar-refractivity contribution in [1.82, 2.24) is 45.0 Å². The van der Waals surface area contributed by atoms with Gasteiger partial charge in [0.25, 0.3) is 23.3 Å². The lowest BCUT2D eigenvalue weighted by Crippen LogP contribution is -2.74. The Morgan fingerprint density at radius 2 is 1.61 bits per heavy atom. The van der Waals surface area contributed by atoms with E-state index in [0.29, 0.717) is 61.2 Å². The molecule has 2 bridgehead atoms. The number of aromatic nitrogens is 5. The van der Waals surface area contributed by atoms with Gasteiger partial charge in [0.2, 0.25) is 11.8 Å². The number of amides is 5. The maximum absolute atomic E-state index is 13.7. The van der Waals surface area contributed by atoms with Gasteiger partial charge in [-0.15, -0.1) is 5.10 Å². The van der Waals surface area contributed by atoms with Crippen LogP contribution in [0, 0.1) is 16.7 Å². The lowest BCUT2D eigenvalue weighted by Gasteiger charge is -2.52. The number of nitrogens with one attached hydrogen (secondary N) is 4. The molecule has 3 fully saturated rings. The molecule has 2 aromatic carbocycles. The highest BCUT2D eigenvalue weighted by atomic mass is 16.5. The number of rotatable bonds is 19. The summed E-state index contributed by atoms with van der Waals surface area (Å²) in [6, 6.07) is 10.7. The molecule has 9 rings (SSSR count). The number of carbonyl (C=O) groups is 5. The Hall–Kier alpha value is -6.86. The third-order valence-corrected chi connectivity index (χ3v) is 12.6. The predicted molar refractivity (Wildman–Crippen MR) is 243 cm³/mol. The summed E-state index contributed by atoms with van der Waals surface area (Å²) in [5, 5.41) is 21.2. The minimum atomic E-state index is -1.35. The average Bonchev–Trinajstić information content (AvgIpc) is 3.95. The number of piperidine rings is 2. The van der Waals surface area contributed by atoms with E-state index in [1.165, 1.54) is 0 Å². The van der Waals surface area contributed by atoms with E-state index in [2.05, 4.69) is 45.4 Å². The molecule has 2 saturated heterocycles. The first-order valence-corrected chi connectivity index (χ1v) is 21.8. The number of methoxy groups -OCH3 is 2. The number of carbonyl (C=O) groups excluding carboxylic acids is 5. The van der Waals surface area contributed by atoms with Crippen LogP contribution in [0.15, 0.2) is 59.8 Å². The molecule has 66 heavy (non-hydrogen) atoms. The summed E-state index contributed by atoms with van der Waals surface area (Å²) in [5.74, 6) is -1.50. The van der Waals surface area contributed by atoms with Gasteiger partial charge in [0, 0.05) is 85.1 Å². The van der Waals surface area contributed by atoms with E-state index in [0.717, 1.165) is 27.0 Å². The van der Waals surface area contributed by atoms with E-state index < -0.39 is 29.2 Å². The van der Waals surface area contributed by atoms with Gasteiger partial charge >= 0.3 is 0 Å². The molecule has 3 aromatic heterocycles. The Balaban J connectivity index is 0.786. The fourth-order valence-electron chi connectivity index (χ4n) is 9.13. The van der Waals surface area contributed by atoms with Crippen LogP contribution in [0.2, 0.25) is 0 Å². The molecule has 4 N–H and O–H groups in total. The largest absolute Gasteiger partial charge is 0.496 e. The lowest BCUT2D eigenvalue weighted by atomic mass is 9.63. The zero-order valence-corrected chi connectivity index (χ0v) is 38.5. The van der Waals surface area contributed by atoms with Crippen molar-refractivity contribution < 1.29 is 38.2 Å². The Bertz CT molecular complexity index is 2810. The summed E-state index contributed by atoms with van der Waals surface area (Å²) < 4.78 is 22.9. The molecular formula is C47H56N10O9. The van der Waals surface area contributed by atoms with Crippen molar-refractivity contribution >= 4 is 46.1 Å². The van der Waals surface area contributed by atoms with Crippen LogP contribution in [0.1, 0.15) is 72.5 Å². The van der Waals surface area contributed by atoms with Crippen molar-refractivity contribution in [3.05, 3.63) is 87.7 Å². The highest BCUT2D eigenvalue weighted by molar-refractivity contribution is 6.27. The second-order valence-corrected chi connectivity index (χ2v) is 19.1.